The number of hydrogen-bond donors (Lipinski definition) is 3. The molecule has 2 atom stereocenters. The second-order valence-corrected chi connectivity index (χ2v) is 5.82. The van der Waals surface area contributed by atoms with E-state index < -0.39 is 0 Å². The standard InChI is InChI=1S/C17H23N5O2/c1-11(14-6-5-7-16(8-14)21-13(3)23)19-17(24)20-12(2)15-9-18-22(4)10-15/h5-12H,1-4H3,(H,21,23)(H2,19,20,24)/t11-,12+/m1/s1. The number of hydrogen-bond acceptors (Lipinski definition) is 3. The van der Waals surface area contributed by atoms with Gasteiger partial charge in [0.2, 0.25) is 5.91 Å². The number of amides is 3. The molecule has 2 rings (SSSR count). The fourth-order valence-electron chi connectivity index (χ4n) is 2.35. The van der Waals surface area contributed by atoms with Crippen LogP contribution in [0.1, 0.15) is 44.0 Å². The molecule has 1 aromatic carbocycles. The highest BCUT2D eigenvalue weighted by molar-refractivity contribution is 5.88. The van der Waals surface area contributed by atoms with Crippen molar-refractivity contribution in [2.75, 3.05) is 5.32 Å². The summed E-state index contributed by atoms with van der Waals surface area (Å²) in [5, 5.41) is 12.6. The van der Waals surface area contributed by atoms with Crippen LogP contribution in [0.4, 0.5) is 10.5 Å². The van der Waals surface area contributed by atoms with Crippen LogP contribution < -0.4 is 16.0 Å². The van der Waals surface area contributed by atoms with Crippen LogP contribution in [0.5, 0.6) is 0 Å². The zero-order chi connectivity index (χ0) is 17.7. The van der Waals surface area contributed by atoms with Gasteiger partial charge in [0.1, 0.15) is 0 Å². The van der Waals surface area contributed by atoms with Crippen molar-refractivity contribution in [1.29, 1.82) is 0 Å². The average molecular weight is 329 g/mol. The van der Waals surface area contributed by atoms with E-state index >= 15 is 0 Å². The number of rotatable bonds is 5. The number of aromatic nitrogens is 2. The molecule has 0 saturated carbocycles. The van der Waals surface area contributed by atoms with Crippen LogP contribution in [0.15, 0.2) is 36.7 Å². The Morgan fingerprint density at radius 2 is 1.79 bits per heavy atom. The van der Waals surface area contributed by atoms with Crippen LogP contribution in [0.3, 0.4) is 0 Å². The summed E-state index contributed by atoms with van der Waals surface area (Å²) in [5.41, 5.74) is 2.55. The number of carbonyl (C=O) groups is 2. The van der Waals surface area contributed by atoms with Crippen molar-refractivity contribution in [3.63, 3.8) is 0 Å². The molecule has 0 saturated heterocycles. The highest BCUT2D eigenvalue weighted by atomic mass is 16.2. The van der Waals surface area contributed by atoms with Gasteiger partial charge in [-0.2, -0.15) is 5.10 Å². The minimum absolute atomic E-state index is 0.129. The molecule has 7 heteroatoms. The van der Waals surface area contributed by atoms with Crippen molar-refractivity contribution in [2.24, 2.45) is 7.05 Å². The van der Waals surface area contributed by atoms with E-state index in [1.807, 2.05) is 51.4 Å². The van der Waals surface area contributed by atoms with Gasteiger partial charge in [-0.05, 0) is 31.5 Å². The molecule has 128 valence electrons. The van der Waals surface area contributed by atoms with Crippen LogP contribution in [-0.4, -0.2) is 21.7 Å². The summed E-state index contributed by atoms with van der Waals surface area (Å²) < 4.78 is 1.70. The summed E-state index contributed by atoms with van der Waals surface area (Å²) in [6, 6.07) is 6.80. The lowest BCUT2D eigenvalue weighted by Gasteiger charge is -2.18. The number of urea groups is 1. The van der Waals surface area contributed by atoms with E-state index in [0.717, 1.165) is 11.1 Å². The molecule has 2 aromatic rings. The first kappa shape index (κ1) is 17.5. The van der Waals surface area contributed by atoms with E-state index in [4.69, 9.17) is 0 Å². The lowest BCUT2D eigenvalue weighted by molar-refractivity contribution is -0.114. The molecule has 3 amide bonds. The molecule has 0 fully saturated rings. The predicted molar refractivity (Wildman–Crippen MR) is 92.5 cm³/mol. The number of nitrogens with one attached hydrogen (secondary N) is 3. The Morgan fingerprint density at radius 3 is 2.38 bits per heavy atom. The minimum Gasteiger partial charge on any atom is -0.332 e. The van der Waals surface area contributed by atoms with Gasteiger partial charge in [-0.3, -0.25) is 9.48 Å². The van der Waals surface area contributed by atoms with Gasteiger partial charge in [-0.25, -0.2) is 4.79 Å². The van der Waals surface area contributed by atoms with Crippen LogP contribution in [0.25, 0.3) is 0 Å². The summed E-state index contributed by atoms with van der Waals surface area (Å²) >= 11 is 0. The van der Waals surface area contributed by atoms with Gasteiger partial charge in [0.05, 0.1) is 18.3 Å². The number of anilines is 1. The molecular weight excluding hydrogens is 306 g/mol. The van der Waals surface area contributed by atoms with Crippen LogP contribution >= 0.6 is 0 Å². The Labute approximate surface area is 141 Å². The molecular formula is C17H23N5O2. The summed E-state index contributed by atoms with van der Waals surface area (Å²) in [5.74, 6) is -0.129. The second kappa shape index (κ2) is 7.63. The third-order valence-electron chi connectivity index (χ3n) is 3.63. The summed E-state index contributed by atoms with van der Waals surface area (Å²) in [6.45, 7) is 5.25. The normalized spacial score (nSPS) is 13.0. The predicted octanol–water partition coefficient (Wildman–Crippen LogP) is 2.50. The maximum absolute atomic E-state index is 12.2. The van der Waals surface area contributed by atoms with Crippen molar-refractivity contribution >= 4 is 17.6 Å². The monoisotopic (exact) mass is 329 g/mol. The van der Waals surface area contributed by atoms with Gasteiger partial charge in [0.25, 0.3) is 0 Å². The molecule has 0 spiro atoms. The van der Waals surface area contributed by atoms with Gasteiger partial charge in [-0.1, -0.05) is 12.1 Å². The zero-order valence-electron chi connectivity index (χ0n) is 14.3. The van der Waals surface area contributed by atoms with E-state index in [1.165, 1.54) is 6.92 Å². The van der Waals surface area contributed by atoms with Gasteiger partial charge >= 0.3 is 6.03 Å². The van der Waals surface area contributed by atoms with E-state index in [-0.39, 0.29) is 24.0 Å². The van der Waals surface area contributed by atoms with Crippen LogP contribution in [-0.2, 0) is 11.8 Å². The molecule has 3 N–H and O–H groups in total. The van der Waals surface area contributed by atoms with E-state index in [2.05, 4.69) is 21.0 Å². The van der Waals surface area contributed by atoms with E-state index in [9.17, 15) is 9.59 Å². The zero-order valence-corrected chi connectivity index (χ0v) is 14.3. The maximum atomic E-state index is 12.2. The van der Waals surface area contributed by atoms with Gasteiger partial charge < -0.3 is 16.0 Å². The molecule has 0 radical (unpaired) electrons. The van der Waals surface area contributed by atoms with Gasteiger partial charge in [0.15, 0.2) is 0 Å². The van der Waals surface area contributed by atoms with Crippen molar-refractivity contribution in [3.8, 4) is 0 Å². The molecule has 1 aromatic heterocycles. The summed E-state index contributed by atoms with van der Waals surface area (Å²) in [4.78, 5) is 23.3. The molecule has 0 aliphatic rings. The number of nitrogens with zero attached hydrogens (tertiary/aromatic N) is 2. The lowest BCUT2D eigenvalue weighted by atomic mass is 10.1. The first-order valence-electron chi connectivity index (χ1n) is 7.78. The summed E-state index contributed by atoms with van der Waals surface area (Å²) in [7, 11) is 1.83. The van der Waals surface area contributed by atoms with Crippen LogP contribution in [0, 0.1) is 0 Å². The minimum atomic E-state index is -0.260. The topological polar surface area (TPSA) is 88.1 Å². The third-order valence-corrected chi connectivity index (χ3v) is 3.63. The smallest absolute Gasteiger partial charge is 0.315 e. The number of benzene rings is 1. The molecule has 24 heavy (non-hydrogen) atoms. The maximum Gasteiger partial charge on any atom is 0.315 e. The van der Waals surface area contributed by atoms with Crippen molar-refractivity contribution in [3.05, 3.63) is 47.8 Å². The highest BCUT2D eigenvalue weighted by Crippen LogP contribution is 2.18. The van der Waals surface area contributed by atoms with Crippen molar-refractivity contribution in [1.82, 2.24) is 20.4 Å². The molecule has 0 bridgehead atoms. The fourth-order valence-corrected chi connectivity index (χ4v) is 2.35. The Balaban J connectivity index is 1.94. The molecule has 0 unspecified atom stereocenters. The lowest BCUT2D eigenvalue weighted by Crippen LogP contribution is -2.38. The summed E-state index contributed by atoms with van der Waals surface area (Å²) in [6.07, 6.45) is 3.59. The van der Waals surface area contributed by atoms with Gasteiger partial charge in [-0.15, -0.1) is 0 Å². The number of carbonyl (C=O) groups excluding carboxylic acids is 2. The fraction of sp³-hybridized carbons (Fsp3) is 0.353. The largest absolute Gasteiger partial charge is 0.332 e. The Morgan fingerprint density at radius 1 is 1.12 bits per heavy atom. The third kappa shape index (κ3) is 4.84. The highest BCUT2D eigenvalue weighted by Gasteiger charge is 2.14. The number of aryl methyl sites for hydroxylation is 1. The van der Waals surface area contributed by atoms with E-state index in [0.29, 0.717) is 5.69 Å². The molecule has 7 nitrogen and oxygen atoms in total. The van der Waals surface area contributed by atoms with Crippen molar-refractivity contribution < 1.29 is 9.59 Å². The molecule has 1 heterocycles. The SMILES string of the molecule is CC(=O)Nc1cccc([C@@H](C)NC(=O)N[C@@H](C)c2cnn(C)c2)c1. The second-order valence-electron chi connectivity index (χ2n) is 5.82. The molecule has 0 aliphatic carbocycles. The van der Waals surface area contributed by atoms with Gasteiger partial charge in [0, 0.05) is 31.4 Å². The van der Waals surface area contributed by atoms with E-state index in [1.54, 1.807) is 10.9 Å². The first-order valence-corrected chi connectivity index (χ1v) is 7.78. The van der Waals surface area contributed by atoms with Crippen LogP contribution in [0.2, 0.25) is 0 Å². The Hall–Kier alpha value is -2.83. The Kier molecular flexibility index (Phi) is 5.57. The average Bonchev–Trinajstić information content (AvgIpc) is 2.93. The first-order chi connectivity index (χ1) is 11.3. The quantitative estimate of drug-likeness (QED) is 0.787. The molecule has 0 aliphatic heterocycles. The van der Waals surface area contributed by atoms with Crippen molar-refractivity contribution in [2.45, 2.75) is 32.9 Å². The Bertz CT molecular complexity index is 725.